The van der Waals surface area contributed by atoms with E-state index >= 15 is 0 Å². The van der Waals surface area contributed by atoms with E-state index in [1.54, 1.807) is 4.52 Å². The molecule has 0 unspecified atom stereocenters. The molecule has 0 aliphatic carbocycles. The molecule has 4 nitrogen and oxygen atoms in total. The van der Waals surface area contributed by atoms with Crippen molar-refractivity contribution in [3.8, 4) is 0 Å². The fourth-order valence-corrected chi connectivity index (χ4v) is 1.28. The van der Waals surface area contributed by atoms with Crippen LogP contribution in [-0.4, -0.2) is 14.6 Å². The number of rotatable bonds is 0. The van der Waals surface area contributed by atoms with Crippen LogP contribution in [0.4, 0.5) is 5.69 Å². The number of nitrogen functional groups attached to an aromatic ring is 1. The minimum atomic E-state index is 0.785. The number of pyridine rings is 1. The van der Waals surface area contributed by atoms with E-state index in [0.29, 0.717) is 0 Å². The Morgan fingerprint density at radius 3 is 2.92 bits per heavy atom. The summed E-state index contributed by atoms with van der Waals surface area (Å²) in [5, 5.41) is 4.05. The smallest absolute Gasteiger partial charge is 0.155 e. The summed E-state index contributed by atoms with van der Waals surface area (Å²) in [6.07, 6.45) is 1.53. The Labute approximate surface area is 70.0 Å². The molecule has 0 fully saturated rings. The number of hydrogen-bond acceptors (Lipinski definition) is 3. The number of nitrogens with zero attached hydrogens (tertiary/aromatic N) is 3. The summed E-state index contributed by atoms with van der Waals surface area (Å²) >= 11 is 0. The summed E-state index contributed by atoms with van der Waals surface area (Å²) in [5.74, 6) is 0. The second kappa shape index (κ2) is 2.20. The minimum Gasteiger partial charge on any atom is -0.397 e. The van der Waals surface area contributed by atoms with Gasteiger partial charge in [0, 0.05) is 0 Å². The average Bonchev–Trinajstić information content (AvgIpc) is 2.48. The summed E-state index contributed by atoms with van der Waals surface area (Å²) in [6, 6.07) is 1.93. The van der Waals surface area contributed by atoms with Crippen molar-refractivity contribution in [2.45, 2.75) is 13.8 Å². The van der Waals surface area contributed by atoms with Crippen molar-refractivity contribution in [1.29, 1.82) is 0 Å². The van der Waals surface area contributed by atoms with Crippen LogP contribution in [0.1, 0.15) is 11.3 Å². The summed E-state index contributed by atoms with van der Waals surface area (Å²) < 4.78 is 1.74. The van der Waals surface area contributed by atoms with E-state index in [0.717, 1.165) is 22.6 Å². The van der Waals surface area contributed by atoms with Crippen LogP contribution in [-0.2, 0) is 0 Å². The first-order valence-corrected chi connectivity index (χ1v) is 3.75. The molecule has 0 atom stereocenters. The number of anilines is 1. The number of aromatic nitrogens is 3. The van der Waals surface area contributed by atoms with E-state index < -0.39 is 0 Å². The van der Waals surface area contributed by atoms with Crippen LogP contribution in [0.15, 0.2) is 12.4 Å². The first-order chi connectivity index (χ1) is 5.70. The highest BCUT2D eigenvalue weighted by Gasteiger charge is 2.04. The van der Waals surface area contributed by atoms with Gasteiger partial charge in [-0.2, -0.15) is 5.10 Å². The first kappa shape index (κ1) is 7.09. The van der Waals surface area contributed by atoms with Gasteiger partial charge in [0.1, 0.15) is 6.33 Å². The molecule has 0 saturated heterocycles. The third-order valence-corrected chi connectivity index (χ3v) is 2.05. The van der Waals surface area contributed by atoms with E-state index in [1.807, 2.05) is 19.9 Å². The molecular weight excluding hydrogens is 152 g/mol. The number of hydrogen-bond donors (Lipinski definition) is 1. The summed E-state index contributed by atoms with van der Waals surface area (Å²) in [6.45, 7) is 3.90. The van der Waals surface area contributed by atoms with Crippen molar-refractivity contribution in [3.63, 3.8) is 0 Å². The summed E-state index contributed by atoms with van der Waals surface area (Å²) in [7, 11) is 0. The molecule has 0 amide bonds. The standard InChI is InChI=1S/C8H10N4/c1-5-3-7-10-4-11-12(7)6(2)8(5)9/h3-4H,9H2,1-2H3. The fourth-order valence-electron chi connectivity index (χ4n) is 1.28. The van der Waals surface area contributed by atoms with Crippen LogP contribution in [0.25, 0.3) is 5.65 Å². The molecule has 0 aromatic carbocycles. The van der Waals surface area contributed by atoms with E-state index in [1.165, 1.54) is 6.33 Å². The van der Waals surface area contributed by atoms with Crippen LogP contribution in [0.3, 0.4) is 0 Å². The van der Waals surface area contributed by atoms with Gasteiger partial charge in [0.2, 0.25) is 0 Å². The van der Waals surface area contributed by atoms with Gasteiger partial charge in [0.05, 0.1) is 11.4 Å². The topological polar surface area (TPSA) is 56.2 Å². The Kier molecular flexibility index (Phi) is 1.30. The quantitative estimate of drug-likeness (QED) is 0.627. The van der Waals surface area contributed by atoms with Crippen molar-refractivity contribution in [2.75, 3.05) is 5.73 Å². The largest absolute Gasteiger partial charge is 0.397 e. The van der Waals surface area contributed by atoms with E-state index in [4.69, 9.17) is 5.73 Å². The predicted octanol–water partition coefficient (Wildman–Crippen LogP) is 0.928. The average molecular weight is 162 g/mol. The normalized spacial score (nSPS) is 10.8. The summed E-state index contributed by atoms with van der Waals surface area (Å²) in [4.78, 5) is 4.08. The SMILES string of the molecule is Cc1cc2ncnn2c(C)c1N. The molecule has 2 N–H and O–H groups in total. The number of aryl methyl sites for hydroxylation is 2. The van der Waals surface area contributed by atoms with E-state index in [2.05, 4.69) is 10.1 Å². The van der Waals surface area contributed by atoms with Gasteiger partial charge in [0.25, 0.3) is 0 Å². The van der Waals surface area contributed by atoms with E-state index in [-0.39, 0.29) is 0 Å². The molecule has 0 saturated carbocycles. The van der Waals surface area contributed by atoms with Crippen molar-refractivity contribution in [3.05, 3.63) is 23.7 Å². The molecule has 2 aromatic rings. The number of nitrogens with two attached hydrogens (primary N) is 1. The maximum atomic E-state index is 5.82. The Morgan fingerprint density at radius 1 is 1.42 bits per heavy atom. The lowest BCUT2D eigenvalue weighted by atomic mass is 10.2. The third-order valence-electron chi connectivity index (χ3n) is 2.05. The number of fused-ring (bicyclic) bond motifs is 1. The van der Waals surface area contributed by atoms with E-state index in [9.17, 15) is 0 Å². The monoisotopic (exact) mass is 162 g/mol. The van der Waals surface area contributed by atoms with Crippen LogP contribution in [0.2, 0.25) is 0 Å². The highest BCUT2D eigenvalue weighted by Crippen LogP contribution is 2.16. The summed E-state index contributed by atoms with van der Waals surface area (Å²) in [5.41, 5.74) is 9.45. The second-order valence-corrected chi connectivity index (χ2v) is 2.86. The van der Waals surface area contributed by atoms with Gasteiger partial charge in [-0.15, -0.1) is 0 Å². The fraction of sp³-hybridized carbons (Fsp3) is 0.250. The van der Waals surface area contributed by atoms with Gasteiger partial charge in [-0.05, 0) is 25.5 Å². The maximum Gasteiger partial charge on any atom is 0.155 e. The zero-order chi connectivity index (χ0) is 8.72. The third kappa shape index (κ3) is 0.777. The van der Waals surface area contributed by atoms with Crippen molar-refractivity contribution in [1.82, 2.24) is 14.6 Å². The van der Waals surface area contributed by atoms with Crippen molar-refractivity contribution < 1.29 is 0 Å². The molecule has 0 aliphatic rings. The Morgan fingerprint density at radius 2 is 2.17 bits per heavy atom. The zero-order valence-electron chi connectivity index (χ0n) is 7.07. The highest BCUT2D eigenvalue weighted by molar-refractivity contribution is 5.57. The molecule has 12 heavy (non-hydrogen) atoms. The van der Waals surface area contributed by atoms with Gasteiger partial charge in [-0.3, -0.25) is 0 Å². The molecule has 2 aromatic heterocycles. The van der Waals surface area contributed by atoms with Gasteiger partial charge < -0.3 is 5.73 Å². The first-order valence-electron chi connectivity index (χ1n) is 3.75. The van der Waals surface area contributed by atoms with Crippen LogP contribution in [0, 0.1) is 13.8 Å². The van der Waals surface area contributed by atoms with Gasteiger partial charge >= 0.3 is 0 Å². The van der Waals surface area contributed by atoms with Gasteiger partial charge in [0.15, 0.2) is 5.65 Å². The zero-order valence-corrected chi connectivity index (χ0v) is 7.07. The maximum absolute atomic E-state index is 5.82. The molecule has 4 heteroatoms. The van der Waals surface area contributed by atoms with Gasteiger partial charge in [-0.25, -0.2) is 9.50 Å². The Hall–Kier alpha value is -1.58. The predicted molar refractivity (Wildman–Crippen MR) is 46.9 cm³/mol. The molecular formula is C8H10N4. The van der Waals surface area contributed by atoms with Crippen LogP contribution >= 0.6 is 0 Å². The molecule has 0 aliphatic heterocycles. The minimum absolute atomic E-state index is 0.785. The molecule has 0 spiro atoms. The lowest BCUT2D eigenvalue weighted by molar-refractivity contribution is 0.915. The molecule has 2 heterocycles. The second-order valence-electron chi connectivity index (χ2n) is 2.86. The van der Waals surface area contributed by atoms with Gasteiger partial charge in [-0.1, -0.05) is 0 Å². The highest BCUT2D eigenvalue weighted by atomic mass is 15.3. The molecule has 0 bridgehead atoms. The lowest BCUT2D eigenvalue weighted by Crippen LogP contribution is -2.01. The van der Waals surface area contributed by atoms with Crippen LogP contribution in [0.5, 0.6) is 0 Å². The lowest BCUT2D eigenvalue weighted by Gasteiger charge is -2.05. The Balaban J connectivity index is 2.94. The molecule has 62 valence electrons. The molecule has 2 rings (SSSR count). The molecule has 0 radical (unpaired) electrons. The van der Waals surface area contributed by atoms with Crippen molar-refractivity contribution >= 4 is 11.3 Å². The Bertz CT molecular complexity index is 430. The van der Waals surface area contributed by atoms with Crippen molar-refractivity contribution in [2.24, 2.45) is 0 Å². The van der Waals surface area contributed by atoms with Crippen LogP contribution < -0.4 is 5.73 Å².